The maximum absolute atomic E-state index is 12.9. The Morgan fingerprint density at radius 2 is 1.86 bits per heavy atom. The van der Waals surface area contributed by atoms with Crippen molar-refractivity contribution in [1.82, 2.24) is 29.6 Å². The summed E-state index contributed by atoms with van der Waals surface area (Å²) in [5, 5.41) is 15.0. The van der Waals surface area contributed by atoms with Crippen molar-refractivity contribution in [2.75, 3.05) is 7.11 Å². The van der Waals surface area contributed by atoms with Crippen LogP contribution in [0, 0.1) is 0 Å². The maximum Gasteiger partial charge on any atom is 0.360 e. The number of carbonyl (C=O) groups excluding carboxylic acids is 1. The normalized spacial score (nSPS) is 11.2. The van der Waals surface area contributed by atoms with Gasteiger partial charge in [0.25, 0.3) is 0 Å². The number of esters is 1. The van der Waals surface area contributed by atoms with Crippen molar-refractivity contribution in [1.29, 1.82) is 0 Å². The van der Waals surface area contributed by atoms with E-state index >= 15 is 0 Å². The van der Waals surface area contributed by atoms with E-state index in [1.54, 1.807) is 16.8 Å². The van der Waals surface area contributed by atoms with Gasteiger partial charge in [-0.3, -0.25) is 0 Å². The van der Waals surface area contributed by atoms with Gasteiger partial charge in [0.15, 0.2) is 17.1 Å². The summed E-state index contributed by atoms with van der Waals surface area (Å²) in [6, 6.07) is 22.7. The Hall–Kier alpha value is -4.76. The molecule has 182 valence electrons. The monoisotopic (exact) mass is 510 g/mol. The third-order valence-electron chi connectivity index (χ3n) is 5.95. The predicted octanol–water partition coefficient (Wildman–Crippen LogP) is 5.15. The minimum Gasteiger partial charge on any atom is -0.486 e. The van der Waals surface area contributed by atoms with E-state index in [4.69, 9.17) is 21.1 Å². The summed E-state index contributed by atoms with van der Waals surface area (Å²) in [5.74, 6) is -0.245. The van der Waals surface area contributed by atoms with Crippen LogP contribution >= 0.6 is 11.6 Å². The van der Waals surface area contributed by atoms with Crippen LogP contribution < -0.4 is 4.74 Å². The lowest BCUT2D eigenvalue weighted by molar-refractivity contribution is 0.0585. The molecule has 0 N–H and O–H groups in total. The van der Waals surface area contributed by atoms with Gasteiger partial charge in [-0.15, -0.1) is 5.10 Å². The molecular formula is C27H19ClN6O3. The van der Waals surface area contributed by atoms with Gasteiger partial charge in [0.2, 0.25) is 0 Å². The maximum atomic E-state index is 12.9. The van der Waals surface area contributed by atoms with E-state index in [9.17, 15) is 4.79 Å². The van der Waals surface area contributed by atoms with Gasteiger partial charge in [0, 0.05) is 21.4 Å². The van der Waals surface area contributed by atoms with Gasteiger partial charge < -0.3 is 9.47 Å². The number of fused-ring (bicyclic) bond motifs is 3. The van der Waals surface area contributed by atoms with E-state index in [0.29, 0.717) is 32.9 Å². The lowest BCUT2D eigenvalue weighted by atomic mass is 10.0. The van der Waals surface area contributed by atoms with Crippen LogP contribution in [0.2, 0.25) is 5.02 Å². The molecule has 3 aromatic heterocycles. The minimum absolute atomic E-state index is 0.151. The Labute approximate surface area is 215 Å². The van der Waals surface area contributed by atoms with Crippen LogP contribution in [0.1, 0.15) is 16.1 Å². The number of rotatable bonds is 6. The van der Waals surface area contributed by atoms with Gasteiger partial charge in [0.1, 0.15) is 18.6 Å². The Balaban J connectivity index is 1.56. The quantitative estimate of drug-likeness (QED) is 0.286. The number of hydrogen-bond donors (Lipinski definition) is 0. The van der Waals surface area contributed by atoms with E-state index in [1.165, 1.54) is 18.0 Å². The number of methoxy groups -OCH3 is 1. The zero-order chi connectivity index (χ0) is 25.4. The van der Waals surface area contributed by atoms with Gasteiger partial charge >= 0.3 is 5.97 Å². The van der Waals surface area contributed by atoms with E-state index < -0.39 is 5.97 Å². The minimum atomic E-state index is -0.585. The molecule has 0 amide bonds. The Morgan fingerprint density at radius 1 is 1.03 bits per heavy atom. The highest BCUT2D eigenvalue weighted by molar-refractivity contribution is 6.30. The molecule has 10 heteroatoms. The molecule has 0 saturated carbocycles. The third-order valence-corrected chi connectivity index (χ3v) is 6.19. The molecule has 0 bridgehead atoms. The number of carbonyl (C=O) groups is 1. The fraction of sp³-hybridized carbons (Fsp3) is 0.0741. The molecule has 6 aromatic rings. The van der Waals surface area contributed by atoms with Crippen LogP contribution in [-0.4, -0.2) is 42.7 Å². The highest BCUT2D eigenvalue weighted by Gasteiger charge is 2.26. The summed E-state index contributed by atoms with van der Waals surface area (Å²) in [4.78, 5) is 17.4. The van der Waals surface area contributed by atoms with Crippen LogP contribution in [0.3, 0.4) is 0 Å². The van der Waals surface area contributed by atoms with E-state index in [2.05, 4.69) is 20.4 Å². The summed E-state index contributed by atoms with van der Waals surface area (Å²) >= 11 is 6.16. The Kier molecular flexibility index (Phi) is 5.74. The fourth-order valence-corrected chi connectivity index (χ4v) is 4.46. The highest BCUT2D eigenvalue weighted by atomic mass is 35.5. The van der Waals surface area contributed by atoms with Gasteiger partial charge in [-0.25, -0.2) is 19.0 Å². The zero-order valence-electron chi connectivity index (χ0n) is 19.6. The molecule has 0 aliphatic heterocycles. The molecule has 3 aromatic carbocycles. The molecule has 0 aliphatic rings. The van der Waals surface area contributed by atoms with Crippen molar-refractivity contribution in [2.24, 2.45) is 0 Å². The van der Waals surface area contributed by atoms with Crippen molar-refractivity contribution in [3.05, 3.63) is 102 Å². The first-order valence-electron chi connectivity index (χ1n) is 11.4. The number of hydrogen-bond acceptors (Lipinski definition) is 7. The van der Waals surface area contributed by atoms with E-state index in [0.717, 1.165) is 16.8 Å². The van der Waals surface area contributed by atoms with Gasteiger partial charge in [0.05, 0.1) is 19.0 Å². The largest absolute Gasteiger partial charge is 0.486 e. The molecule has 0 aliphatic carbocycles. The average molecular weight is 511 g/mol. The second-order valence-corrected chi connectivity index (χ2v) is 8.63. The molecule has 0 fully saturated rings. The number of aromatic nitrogens is 6. The number of ether oxygens (including phenoxy) is 2. The third kappa shape index (κ3) is 4.05. The van der Waals surface area contributed by atoms with Crippen molar-refractivity contribution in [3.63, 3.8) is 0 Å². The molecule has 0 unspecified atom stereocenters. The zero-order valence-corrected chi connectivity index (χ0v) is 20.3. The van der Waals surface area contributed by atoms with Gasteiger partial charge in [-0.1, -0.05) is 71.4 Å². The van der Waals surface area contributed by atoms with Crippen LogP contribution in [-0.2, 0) is 11.3 Å². The predicted molar refractivity (Wildman–Crippen MR) is 138 cm³/mol. The van der Waals surface area contributed by atoms with Gasteiger partial charge in [-0.2, -0.15) is 5.10 Å². The number of nitrogens with zero attached hydrogens (tertiary/aromatic N) is 6. The van der Waals surface area contributed by atoms with Crippen LogP contribution in [0.15, 0.2) is 85.3 Å². The summed E-state index contributed by atoms with van der Waals surface area (Å²) < 4.78 is 14.5. The van der Waals surface area contributed by atoms with Crippen LogP contribution in [0.5, 0.6) is 5.75 Å². The molecule has 0 spiro atoms. The van der Waals surface area contributed by atoms with Crippen molar-refractivity contribution in [3.8, 4) is 22.7 Å². The van der Waals surface area contributed by atoms with E-state index in [-0.39, 0.29) is 12.3 Å². The Morgan fingerprint density at radius 3 is 2.68 bits per heavy atom. The summed E-state index contributed by atoms with van der Waals surface area (Å²) in [7, 11) is 1.32. The Bertz CT molecular complexity index is 1760. The molecule has 37 heavy (non-hydrogen) atoms. The van der Waals surface area contributed by atoms with Crippen molar-refractivity contribution >= 4 is 34.0 Å². The number of pyridine rings is 1. The molecule has 0 atom stereocenters. The highest BCUT2D eigenvalue weighted by Crippen LogP contribution is 2.38. The molecule has 6 rings (SSSR count). The SMILES string of the molecule is COC(=O)c1c(OCc2ccccc2)c2cccc(-c3cn(-c4cccc(Cl)c4)nn3)c2c2ncnn12. The first-order valence-corrected chi connectivity index (χ1v) is 11.7. The summed E-state index contributed by atoms with van der Waals surface area (Å²) in [6.45, 7) is 0.245. The smallest absolute Gasteiger partial charge is 0.360 e. The fourth-order valence-electron chi connectivity index (χ4n) is 4.28. The van der Waals surface area contributed by atoms with Crippen molar-refractivity contribution < 1.29 is 14.3 Å². The molecule has 9 nitrogen and oxygen atoms in total. The van der Waals surface area contributed by atoms with E-state index in [1.807, 2.05) is 66.9 Å². The second kappa shape index (κ2) is 9.36. The molecule has 3 heterocycles. The average Bonchev–Trinajstić information content (AvgIpc) is 3.62. The topological polar surface area (TPSA) is 96.4 Å². The second-order valence-electron chi connectivity index (χ2n) is 8.20. The standard InChI is InChI=1S/C27H19ClN6O3/c1-36-27(35)24-25(37-15-17-7-3-2-4-8-17)21-12-6-11-20(23(21)26-29-16-30-34(24)26)22-14-33(32-31-22)19-10-5-9-18(28)13-19/h2-14,16H,15H2,1H3. The lowest BCUT2D eigenvalue weighted by Crippen LogP contribution is -2.13. The first kappa shape index (κ1) is 22.7. The summed E-state index contributed by atoms with van der Waals surface area (Å²) in [6.07, 6.45) is 3.20. The number of halogens is 1. The molecule has 0 saturated heterocycles. The summed E-state index contributed by atoms with van der Waals surface area (Å²) in [5.41, 5.74) is 3.71. The van der Waals surface area contributed by atoms with Crippen LogP contribution in [0.4, 0.5) is 0 Å². The van der Waals surface area contributed by atoms with Crippen molar-refractivity contribution in [2.45, 2.75) is 6.61 Å². The molecule has 0 radical (unpaired) electrons. The van der Waals surface area contributed by atoms with Gasteiger partial charge in [-0.05, 0) is 23.8 Å². The first-order chi connectivity index (χ1) is 18.1. The van der Waals surface area contributed by atoms with Crippen LogP contribution in [0.25, 0.3) is 33.4 Å². The molecular weight excluding hydrogens is 492 g/mol. The number of benzene rings is 3. The lowest BCUT2D eigenvalue weighted by Gasteiger charge is -2.16.